The van der Waals surface area contributed by atoms with Crippen LogP contribution in [0.25, 0.3) is 0 Å². The van der Waals surface area contributed by atoms with Crippen LogP contribution < -0.4 is 10.8 Å². The van der Waals surface area contributed by atoms with E-state index in [-0.39, 0.29) is 17.9 Å². The summed E-state index contributed by atoms with van der Waals surface area (Å²) in [6.07, 6.45) is 1.14. The zero-order valence-corrected chi connectivity index (χ0v) is 19.8. The third-order valence-electron chi connectivity index (χ3n) is 6.12. The molecule has 7 nitrogen and oxygen atoms in total. The molecule has 2 heterocycles. The van der Waals surface area contributed by atoms with E-state index in [0.717, 1.165) is 18.3 Å². The van der Waals surface area contributed by atoms with Crippen molar-refractivity contribution in [2.24, 2.45) is 5.92 Å². The van der Waals surface area contributed by atoms with Crippen LogP contribution >= 0.6 is 0 Å². The lowest BCUT2D eigenvalue weighted by atomic mass is 9.79. The smallest absolute Gasteiger partial charge is 0.444 e. The highest BCUT2D eigenvalue weighted by Gasteiger charge is 2.51. The van der Waals surface area contributed by atoms with Crippen molar-refractivity contribution in [2.75, 3.05) is 18.4 Å². The van der Waals surface area contributed by atoms with Gasteiger partial charge < -0.3 is 24.3 Å². The van der Waals surface area contributed by atoms with Gasteiger partial charge in [0.2, 0.25) is 5.91 Å². The Morgan fingerprint density at radius 3 is 2.42 bits per heavy atom. The van der Waals surface area contributed by atoms with E-state index in [4.69, 9.17) is 14.0 Å². The van der Waals surface area contributed by atoms with Crippen molar-refractivity contribution < 1.29 is 23.6 Å². The van der Waals surface area contributed by atoms with Crippen LogP contribution in [0, 0.1) is 5.92 Å². The van der Waals surface area contributed by atoms with Crippen LogP contribution in [0.2, 0.25) is 0 Å². The lowest BCUT2D eigenvalue weighted by Crippen LogP contribution is -2.45. The van der Waals surface area contributed by atoms with Crippen LogP contribution in [0.5, 0.6) is 0 Å². The molecule has 2 aliphatic rings. The van der Waals surface area contributed by atoms with Gasteiger partial charge >= 0.3 is 13.2 Å². The Morgan fingerprint density at radius 2 is 1.81 bits per heavy atom. The number of rotatable bonds is 3. The summed E-state index contributed by atoms with van der Waals surface area (Å²) < 4.78 is 17.7. The number of nitrogens with zero attached hydrogens (tertiary/aromatic N) is 1. The molecule has 1 aromatic rings. The van der Waals surface area contributed by atoms with E-state index in [0.29, 0.717) is 18.8 Å². The Morgan fingerprint density at radius 1 is 1.16 bits per heavy atom. The summed E-state index contributed by atoms with van der Waals surface area (Å²) in [7, 11) is -0.487. The number of hydrogen-bond acceptors (Lipinski definition) is 5. The van der Waals surface area contributed by atoms with E-state index < -0.39 is 23.9 Å². The number of anilines is 1. The van der Waals surface area contributed by atoms with Crippen LogP contribution in [0.15, 0.2) is 24.3 Å². The summed E-state index contributed by atoms with van der Waals surface area (Å²) in [5.41, 5.74) is 0.135. The zero-order valence-electron chi connectivity index (χ0n) is 19.8. The van der Waals surface area contributed by atoms with Gasteiger partial charge in [-0.2, -0.15) is 0 Å². The number of ether oxygens (including phenoxy) is 1. The average Bonchev–Trinajstić information content (AvgIpc) is 2.88. The van der Waals surface area contributed by atoms with Crippen molar-refractivity contribution in [1.82, 2.24) is 4.90 Å². The van der Waals surface area contributed by atoms with Crippen LogP contribution in [0.3, 0.4) is 0 Å². The predicted octanol–water partition coefficient (Wildman–Crippen LogP) is 3.57. The molecule has 0 bridgehead atoms. The molecule has 2 fully saturated rings. The third kappa shape index (κ3) is 5.60. The molecule has 2 aliphatic heterocycles. The minimum Gasteiger partial charge on any atom is -0.444 e. The number of likely N-dealkylation sites (tertiary alicyclic amines) is 1. The second-order valence-corrected chi connectivity index (χ2v) is 10.5. The molecular weight excluding hydrogens is 395 g/mol. The van der Waals surface area contributed by atoms with Crippen LogP contribution in [0.1, 0.15) is 61.3 Å². The minimum atomic E-state index is -0.555. The Hall–Kier alpha value is -2.06. The van der Waals surface area contributed by atoms with Crippen LogP contribution in [-0.2, 0) is 18.8 Å². The molecule has 0 saturated carbocycles. The summed E-state index contributed by atoms with van der Waals surface area (Å²) in [6, 6.07) is 7.54. The number of hydrogen-bond donors (Lipinski definition) is 1. The van der Waals surface area contributed by atoms with E-state index in [1.165, 1.54) is 0 Å². The molecular formula is C23H35BN2O5. The summed E-state index contributed by atoms with van der Waals surface area (Å²) in [6.45, 7) is 14.5. The van der Waals surface area contributed by atoms with Crippen LogP contribution in [0.4, 0.5) is 10.5 Å². The molecule has 0 aromatic heterocycles. The molecule has 0 spiro atoms. The van der Waals surface area contributed by atoms with Crippen molar-refractivity contribution in [3.05, 3.63) is 24.3 Å². The molecule has 1 N–H and O–H groups in total. The summed E-state index contributed by atoms with van der Waals surface area (Å²) in [5, 5.41) is 3.00. The maximum atomic E-state index is 12.9. The summed E-state index contributed by atoms with van der Waals surface area (Å²) in [4.78, 5) is 26.9. The highest BCUT2D eigenvalue weighted by Crippen LogP contribution is 2.36. The first kappa shape index (κ1) is 23.6. The number of carbonyl (C=O) groups is 2. The molecule has 170 valence electrons. The van der Waals surface area contributed by atoms with Crippen molar-refractivity contribution in [3.63, 3.8) is 0 Å². The topological polar surface area (TPSA) is 77.1 Å². The van der Waals surface area contributed by atoms with Crippen molar-refractivity contribution in [2.45, 2.75) is 78.1 Å². The van der Waals surface area contributed by atoms with E-state index >= 15 is 0 Å². The van der Waals surface area contributed by atoms with Gasteiger partial charge in [-0.25, -0.2) is 4.79 Å². The molecule has 8 heteroatoms. The number of nitrogens with one attached hydrogen (secondary N) is 1. The van der Waals surface area contributed by atoms with Crippen molar-refractivity contribution in [1.29, 1.82) is 0 Å². The number of benzene rings is 1. The maximum absolute atomic E-state index is 12.9. The molecule has 2 amide bonds. The van der Waals surface area contributed by atoms with E-state index in [2.05, 4.69) is 5.32 Å². The maximum Gasteiger partial charge on any atom is 0.494 e. The van der Waals surface area contributed by atoms with Gasteiger partial charge in [0.25, 0.3) is 0 Å². The predicted molar refractivity (Wildman–Crippen MR) is 121 cm³/mol. The minimum absolute atomic E-state index is 0.0978. The average molecular weight is 430 g/mol. The SMILES string of the molecule is CC(C)(C)OC(=O)N1CCCC(C(=O)Nc2cccc(B3OC(C)(C)C(C)(C)O3)c2)C1. The van der Waals surface area contributed by atoms with Gasteiger partial charge in [-0.05, 0) is 78.9 Å². The molecule has 1 unspecified atom stereocenters. The summed E-state index contributed by atoms with van der Waals surface area (Å²) in [5.74, 6) is -0.374. The summed E-state index contributed by atoms with van der Waals surface area (Å²) >= 11 is 0. The van der Waals surface area contributed by atoms with E-state index in [9.17, 15) is 9.59 Å². The Labute approximate surface area is 185 Å². The fourth-order valence-electron chi connectivity index (χ4n) is 3.67. The van der Waals surface area contributed by atoms with Gasteiger partial charge in [0.05, 0.1) is 17.1 Å². The van der Waals surface area contributed by atoms with Gasteiger partial charge in [0, 0.05) is 18.8 Å². The Balaban J connectivity index is 1.63. The first-order chi connectivity index (χ1) is 14.3. The zero-order chi connectivity index (χ0) is 23.0. The van der Waals surface area contributed by atoms with E-state index in [1.54, 1.807) is 4.90 Å². The third-order valence-corrected chi connectivity index (χ3v) is 6.12. The molecule has 0 aliphatic carbocycles. The fraction of sp³-hybridized carbons (Fsp3) is 0.652. The van der Waals surface area contributed by atoms with Gasteiger partial charge in [-0.15, -0.1) is 0 Å². The molecule has 1 aromatic carbocycles. The molecule has 31 heavy (non-hydrogen) atoms. The van der Waals surface area contributed by atoms with Gasteiger partial charge in [0.1, 0.15) is 5.60 Å². The van der Waals surface area contributed by atoms with Crippen molar-refractivity contribution >= 4 is 30.3 Å². The highest BCUT2D eigenvalue weighted by molar-refractivity contribution is 6.62. The monoisotopic (exact) mass is 430 g/mol. The van der Waals surface area contributed by atoms with E-state index in [1.807, 2.05) is 72.7 Å². The molecule has 0 radical (unpaired) electrons. The molecule has 1 atom stereocenters. The van der Waals surface area contributed by atoms with Gasteiger partial charge in [-0.1, -0.05) is 12.1 Å². The number of amides is 2. The first-order valence-electron chi connectivity index (χ1n) is 11.0. The largest absolute Gasteiger partial charge is 0.494 e. The normalized spacial score (nSPS) is 22.9. The molecule has 2 saturated heterocycles. The second-order valence-electron chi connectivity index (χ2n) is 10.5. The first-order valence-corrected chi connectivity index (χ1v) is 11.0. The van der Waals surface area contributed by atoms with Gasteiger partial charge in [0.15, 0.2) is 0 Å². The number of piperidine rings is 1. The number of carbonyl (C=O) groups excluding carboxylic acids is 2. The second kappa shape index (κ2) is 8.47. The lowest BCUT2D eigenvalue weighted by Gasteiger charge is -2.33. The Kier molecular flexibility index (Phi) is 6.45. The quantitative estimate of drug-likeness (QED) is 0.742. The van der Waals surface area contributed by atoms with Gasteiger partial charge in [-0.3, -0.25) is 4.79 Å². The highest BCUT2D eigenvalue weighted by atomic mass is 16.7. The lowest BCUT2D eigenvalue weighted by molar-refractivity contribution is -0.121. The van der Waals surface area contributed by atoms with Crippen molar-refractivity contribution in [3.8, 4) is 0 Å². The Bertz CT molecular complexity index is 818. The molecule has 3 rings (SSSR count). The fourth-order valence-corrected chi connectivity index (χ4v) is 3.67. The standard InChI is InChI=1S/C23H35BN2O5/c1-21(2,3)29-20(28)26-13-9-10-16(15-26)19(27)25-18-12-8-11-17(14-18)24-30-22(4,5)23(6,7)31-24/h8,11-12,14,16H,9-10,13,15H2,1-7H3,(H,25,27). The van der Waals surface area contributed by atoms with Crippen LogP contribution in [-0.4, -0.2) is 53.9 Å².